The van der Waals surface area contributed by atoms with Crippen LogP contribution in [0.4, 0.5) is 0 Å². The van der Waals surface area contributed by atoms with Crippen LogP contribution in [-0.4, -0.2) is 61.0 Å². The summed E-state index contributed by atoms with van der Waals surface area (Å²) >= 11 is 0. The third-order valence-corrected chi connectivity index (χ3v) is 4.58. The van der Waals surface area contributed by atoms with Gasteiger partial charge in [-0.2, -0.15) is 0 Å². The second-order valence-electron chi connectivity index (χ2n) is 8.14. The smallest absolute Gasteiger partial charge is 0.0730 e. The van der Waals surface area contributed by atoms with E-state index in [1.165, 1.54) is 0 Å². The van der Waals surface area contributed by atoms with Crippen molar-refractivity contribution >= 4 is 0 Å². The number of morpholine rings is 1. The van der Waals surface area contributed by atoms with Crippen molar-refractivity contribution < 1.29 is 9.47 Å². The van der Waals surface area contributed by atoms with E-state index in [1.807, 2.05) is 0 Å². The standard InChI is InChI=1S/C17H34N2O2/c1-16(2,3)19-10-11-20-15(13-19)12-17(4,5)21-14-6-8-18-9-7-14/h14-15,18H,6-13H2,1-5H3. The van der Waals surface area contributed by atoms with E-state index in [-0.39, 0.29) is 17.2 Å². The summed E-state index contributed by atoms with van der Waals surface area (Å²) in [7, 11) is 0. The molecule has 124 valence electrons. The average molecular weight is 298 g/mol. The highest BCUT2D eigenvalue weighted by molar-refractivity contribution is 4.86. The third-order valence-electron chi connectivity index (χ3n) is 4.58. The first-order chi connectivity index (χ1) is 9.76. The van der Waals surface area contributed by atoms with Gasteiger partial charge in [-0.05, 0) is 60.5 Å². The van der Waals surface area contributed by atoms with Crippen LogP contribution >= 0.6 is 0 Å². The lowest BCUT2D eigenvalue weighted by Gasteiger charge is -2.43. The number of rotatable bonds is 4. The lowest BCUT2D eigenvalue weighted by atomic mass is 9.96. The predicted molar refractivity (Wildman–Crippen MR) is 86.7 cm³/mol. The van der Waals surface area contributed by atoms with E-state index in [0.29, 0.717) is 6.10 Å². The van der Waals surface area contributed by atoms with Crippen molar-refractivity contribution in [3.05, 3.63) is 0 Å². The van der Waals surface area contributed by atoms with Crippen molar-refractivity contribution in [1.82, 2.24) is 10.2 Å². The van der Waals surface area contributed by atoms with Crippen LogP contribution in [0.15, 0.2) is 0 Å². The molecule has 2 heterocycles. The second kappa shape index (κ2) is 6.95. The van der Waals surface area contributed by atoms with Gasteiger partial charge in [-0.1, -0.05) is 0 Å². The summed E-state index contributed by atoms with van der Waals surface area (Å²) in [6.45, 7) is 16.3. The zero-order valence-electron chi connectivity index (χ0n) is 14.6. The van der Waals surface area contributed by atoms with Gasteiger partial charge < -0.3 is 14.8 Å². The molecule has 2 saturated heterocycles. The van der Waals surface area contributed by atoms with Crippen molar-refractivity contribution in [3.8, 4) is 0 Å². The van der Waals surface area contributed by atoms with Gasteiger partial charge in [0.05, 0.1) is 24.4 Å². The average Bonchev–Trinajstić information content (AvgIpc) is 2.38. The Labute approximate surface area is 130 Å². The first-order valence-corrected chi connectivity index (χ1v) is 8.51. The highest BCUT2D eigenvalue weighted by Gasteiger charge is 2.33. The van der Waals surface area contributed by atoms with E-state index in [1.54, 1.807) is 0 Å². The fraction of sp³-hybridized carbons (Fsp3) is 1.00. The van der Waals surface area contributed by atoms with Gasteiger partial charge >= 0.3 is 0 Å². The van der Waals surface area contributed by atoms with Gasteiger partial charge in [-0.15, -0.1) is 0 Å². The van der Waals surface area contributed by atoms with E-state index in [0.717, 1.165) is 52.0 Å². The first-order valence-electron chi connectivity index (χ1n) is 8.51. The van der Waals surface area contributed by atoms with Crippen LogP contribution < -0.4 is 5.32 Å². The monoisotopic (exact) mass is 298 g/mol. The molecule has 0 amide bonds. The molecule has 4 heteroatoms. The molecule has 0 spiro atoms. The van der Waals surface area contributed by atoms with Crippen molar-refractivity contribution in [2.45, 2.75) is 77.2 Å². The maximum absolute atomic E-state index is 6.36. The molecule has 2 rings (SSSR count). The molecule has 4 nitrogen and oxygen atoms in total. The summed E-state index contributed by atoms with van der Waals surface area (Å²) in [6, 6.07) is 0. The minimum atomic E-state index is -0.104. The molecule has 2 aliphatic rings. The lowest BCUT2D eigenvalue weighted by molar-refractivity contribution is -0.130. The molecule has 21 heavy (non-hydrogen) atoms. The van der Waals surface area contributed by atoms with Gasteiger partial charge in [-0.25, -0.2) is 0 Å². The topological polar surface area (TPSA) is 33.7 Å². The first kappa shape index (κ1) is 17.2. The van der Waals surface area contributed by atoms with Gasteiger partial charge in [0.25, 0.3) is 0 Å². The van der Waals surface area contributed by atoms with Crippen molar-refractivity contribution in [2.75, 3.05) is 32.8 Å². The molecule has 1 unspecified atom stereocenters. The predicted octanol–water partition coefficient (Wildman–Crippen LogP) is 2.42. The number of hydrogen-bond acceptors (Lipinski definition) is 4. The normalized spacial score (nSPS) is 27.0. The molecule has 2 fully saturated rings. The Bertz CT molecular complexity index is 319. The molecule has 1 N–H and O–H groups in total. The third kappa shape index (κ3) is 5.51. The number of hydrogen-bond donors (Lipinski definition) is 1. The Kier molecular flexibility index (Phi) is 5.69. The van der Waals surface area contributed by atoms with Crippen LogP contribution in [-0.2, 0) is 9.47 Å². The summed E-state index contributed by atoms with van der Waals surface area (Å²) in [5, 5.41) is 3.39. The molecular formula is C17H34N2O2. The fourth-order valence-corrected chi connectivity index (χ4v) is 3.41. The quantitative estimate of drug-likeness (QED) is 0.864. The van der Waals surface area contributed by atoms with Gasteiger partial charge in [0.15, 0.2) is 0 Å². The van der Waals surface area contributed by atoms with Gasteiger partial charge in [0.2, 0.25) is 0 Å². The van der Waals surface area contributed by atoms with Gasteiger partial charge in [0, 0.05) is 25.0 Å². The summed E-state index contributed by atoms with van der Waals surface area (Å²) in [4.78, 5) is 2.53. The summed E-state index contributed by atoms with van der Waals surface area (Å²) in [6.07, 6.45) is 3.92. The molecule has 0 aromatic rings. The molecular weight excluding hydrogens is 264 g/mol. The Morgan fingerprint density at radius 3 is 2.43 bits per heavy atom. The Morgan fingerprint density at radius 2 is 1.81 bits per heavy atom. The SMILES string of the molecule is CC(C)(CC1CN(C(C)(C)C)CCO1)OC1CCNCC1. The van der Waals surface area contributed by atoms with E-state index in [2.05, 4.69) is 44.8 Å². The van der Waals surface area contributed by atoms with Crippen LogP contribution in [0.1, 0.15) is 53.9 Å². The summed E-state index contributed by atoms with van der Waals surface area (Å²) in [5.41, 5.74) is 0.121. The van der Waals surface area contributed by atoms with Crippen LogP contribution in [0.3, 0.4) is 0 Å². The summed E-state index contributed by atoms with van der Waals surface area (Å²) in [5.74, 6) is 0. The number of piperidine rings is 1. The number of nitrogens with zero attached hydrogens (tertiary/aromatic N) is 1. The van der Waals surface area contributed by atoms with E-state index in [4.69, 9.17) is 9.47 Å². The lowest BCUT2D eigenvalue weighted by Crippen LogP contribution is -2.53. The Hall–Kier alpha value is -0.160. The van der Waals surface area contributed by atoms with E-state index < -0.39 is 0 Å². The van der Waals surface area contributed by atoms with E-state index in [9.17, 15) is 0 Å². The van der Waals surface area contributed by atoms with Gasteiger partial charge in [-0.3, -0.25) is 4.90 Å². The van der Waals surface area contributed by atoms with Crippen LogP contribution in [0.5, 0.6) is 0 Å². The summed E-state index contributed by atoms with van der Waals surface area (Å²) < 4.78 is 12.4. The largest absolute Gasteiger partial charge is 0.375 e. The molecule has 0 aliphatic carbocycles. The highest BCUT2D eigenvalue weighted by Crippen LogP contribution is 2.27. The molecule has 0 radical (unpaired) electrons. The molecule has 2 aliphatic heterocycles. The highest BCUT2D eigenvalue weighted by atomic mass is 16.5. The molecule has 0 aromatic carbocycles. The van der Waals surface area contributed by atoms with Crippen LogP contribution in [0, 0.1) is 0 Å². The number of nitrogens with one attached hydrogen (secondary N) is 1. The van der Waals surface area contributed by atoms with Crippen molar-refractivity contribution in [2.24, 2.45) is 0 Å². The fourth-order valence-electron chi connectivity index (χ4n) is 3.41. The Balaban J connectivity index is 1.83. The molecule has 0 bridgehead atoms. The zero-order valence-corrected chi connectivity index (χ0v) is 14.6. The van der Waals surface area contributed by atoms with Crippen LogP contribution in [0.2, 0.25) is 0 Å². The van der Waals surface area contributed by atoms with E-state index >= 15 is 0 Å². The van der Waals surface area contributed by atoms with Crippen molar-refractivity contribution in [3.63, 3.8) is 0 Å². The molecule has 1 atom stereocenters. The zero-order chi connectivity index (χ0) is 15.5. The maximum atomic E-state index is 6.36. The van der Waals surface area contributed by atoms with Gasteiger partial charge in [0.1, 0.15) is 0 Å². The second-order valence-corrected chi connectivity index (χ2v) is 8.14. The van der Waals surface area contributed by atoms with Crippen LogP contribution in [0.25, 0.3) is 0 Å². The minimum Gasteiger partial charge on any atom is -0.375 e. The Morgan fingerprint density at radius 1 is 1.14 bits per heavy atom. The molecule has 0 aromatic heterocycles. The minimum absolute atomic E-state index is 0.104. The number of ether oxygens (including phenoxy) is 2. The van der Waals surface area contributed by atoms with Crippen molar-refractivity contribution in [1.29, 1.82) is 0 Å². The molecule has 0 saturated carbocycles. The maximum Gasteiger partial charge on any atom is 0.0730 e.